The molecule has 5 heteroatoms. The average molecular weight is 297 g/mol. The fraction of sp³-hybridized carbons (Fsp3) is 0.467. The summed E-state index contributed by atoms with van der Waals surface area (Å²) in [6, 6.07) is 7.00. The maximum absolute atomic E-state index is 11.7. The Balaban J connectivity index is 2.58. The summed E-state index contributed by atoms with van der Waals surface area (Å²) in [5.41, 5.74) is 0.749. The molecule has 2 amide bonds. The topological polar surface area (TPSA) is 49.4 Å². The van der Waals surface area contributed by atoms with Gasteiger partial charge in [0.1, 0.15) is 0 Å². The molecule has 0 saturated heterocycles. The summed E-state index contributed by atoms with van der Waals surface area (Å²) in [6.07, 6.45) is 0.287. The number of benzene rings is 1. The molecule has 4 nitrogen and oxygen atoms in total. The van der Waals surface area contributed by atoms with E-state index in [0.717, 1.165) is 5.69 Å². The van der Waals surface area contributed by atoms with Crippen LogP contribution in [-0.2, 0) is 9.59 Å². The van der Waals surface area contributed by atoms with Crippen LogP contribution in [0, 0.1) is 5.92 Å². The van der Waals surface area contributed by atoms with Crippen molar-refractivity contribution in [1.29, 1.82) is 0 Å². The fourth-order valence-electron chi connectivity index (χ4n) is 1.71. The molecule has 0 saturated carbocycles. The Kier molecular flexibility index (Phi) is 6.52. The van der Waals surface area contributed by atoms with E-state index in [1.165, 1.54) is 6.92 Å². The van der Waals surface area contributed by atoms with Crippen molar-refractivity contribution in [2.75, 3.05) is 18.0 Å². The quantitative estimate of drug-likeness (QED) is 0.877. The number of amides is 2. The summed E-state index contributed by atoms with van der Waals surface area (Å²) >= 11 is 5.83. The van der Waals surface area contributed by atoms with Gasteiger partial charge in [0.05, 0.1) is 0 Å². The SMILES string of the molecule is CC(=O)N(CCC(=O)NCC(C)C)c1ccc(Cl)cc1. The van der Waals surface area contributed by atoms with Crippen molar-refractivity contribution >= 4 is 29.1 Å². The first kappa shape index (κ1) is 16.5. The van der Waals surface area contributed by atoms with Crippen molar-refractivity contribution in [3.8, 4) is 0 Å². The van der Waals surface area contributed by atoms with E-state index >= 15 is 0 Å². The van der Waals surface area contributed by atoms with Crippen molar-refractivity contribution in [3.05, 3.63) is 29.3 Å². The lowest BCUT2D eigenvalue weighted by Crippen LogP contribution is -2.34. The van der Waals surface area contributed by atoms with E-state index in [0.29, 0.717) is 24.0 Å². The predicted molar refractivity (Wildman–Crippen MR) is 81.9 cm³/mol. The van der Waals surface area contributed by atoms with E-state index in [1.807, 2.05) is 13.8 Å². The first-order valence-corrected chi connectivity index (χ1v) is 7.08. The third kappa shape index (κ3) is 5.61. The third-order valence-corrected chi connectivity index (χ3v) is 3.04. The summed E-state index contributed by atoms with van der Waals surface area (Å²) in [5, 5.41) is 3.46. The molecule has 0 bridgehead atoms. The molecule has 0 unspecified atom stereocenters. The average Bonchev–Trinajstić information content (AvgIpc) is 2.38. The lowest BCUT2D eigenvalue weighted by Gasteiger charge is -2.21. The highest BCUT2D eigenvalue weighted by Crippen LogP contribution is 2.18. The molecule has 110 valence electrons. The molecule has 0 fully saturated rings. The summed E-state index contributed by atoms with van der Waals surface area (Å²) < 4.78 is 0. The number of rotatable bonds is 6. The number of hydrogen-bond acceptors (Lipinski definition) is 2. The zero-order valence-electron chi connectivity index (χ0n) is 12.1. The number of halogens is 1. The van der Waals surface area contributed by atoms with E-state index in [4.69, 9.17) is 11.6 Å². The van der Waals surface area contributed by atoms with Gasteiger partial charge in [0.25, 0.3) is 0 Å². The van der Waals surface area contributed by atoms with Gasteiger partial charge in [-0.15, -0.1) is 0 Å². The monoisotopic (exact) mass is 296 g/mol. The second-order valence-corrected chi connectivity index (χ2v) is 5.53. The maximum Gasteiger partial charge on any atom is 0.223 e. The highest BCUT2D eigenvalue weighted by atomic mass is 35.5. The van der Waals surface area contributed by atoms with Crippen LogP contribution in [0.2, 0.25) is 5.02 Å². The van der Waals surface area contributed by atoms with Crippen LogP contribution in [0.5, 0.6) is 0 Å². The molecule has 0 aliphatic heterocycles. The van der Waals surface area contributed by atoms with Crippen LogP contribution in [0.4, 0.5) is 5.69 Å². The Hall–Kier alpha value is -1.55. The second kappa shape index (κ2) is 7.90. The van der Waals surface area contributed by atoms with Gasteiger partial charge < -0.3 is 10.2 Å². The number of anilines is 1. The number of carbonyl (C=O) groups excluding carboxylic acids is 2. The number of carbonyl (C=O) groups is 2. The summed E-state index contributed by atoms with van der Waals surface area (Å²) in [5.74, 6) is 0.280. The van der Waals surface area contributed by atoms with Gasteiger partial charge >= 0.3 is 0 Å². The highest BCUT2D eigenvalue weighted by Gasteiger charge is 2.13. The molecule has 0 radical (unpaired) electrons. The van der Waals surface area contributed by atoms with Gasteiger partial charge in [0.15, 0.2) is 0 Å². The fourth-order valence-corrected chi connectivity index (χ4v) is 1.84. The molecule has 1 aromatic carbocycles. The van der Waals surface area contributed by atoms with Gasteiger partial charge in [0.2, 0.25) is 11.8 Å². The normalized spacial score (nSPS) is 10.4. The molecule has 0 heterocycles. The molecular formula is C15H21ClN2O2. The lowest BCUT2D eigenvalue weighted by atomic mass is 10.2. The van der Waals surface area contributed by atoms with Gasteiger partial charge in [-0.2, -0.15) is 0 Å². The molecule has 20 heavy (non-hydrogen) atoms. The number of hydrogen-bond donors (Lipinski definition) is 1. The van der Waals surface area contributed by atoms with Crippen LogP contribution in [0.3, 0.4) is 0 Å². The maximum atomic E-state index is 11.7. The van der Waals surface area contributed by atoms with Gasteiger partial charge in [-0.25, -0.2) is 0 Å². The van der Waals surface area contributed by atoms with Crippen LogP contribution in [0.25, 0.3) is 0 Å². The van der Waals surface area contributed by atoms with Crippen molar-refractivity contribution in [2.24, 2.45) is 5.92 Å². The van der Waals surface area contributed by atoms with Crippen molar-refractivity contribution < 1.29 is 9.59 Å². The van der Waals surface area contributed by atoms with Crippen LogP contribution in [-0.4, -0.2) is 24.9 Å². The van der Waals surface area contributed by atoms with Crippen LogP contribution in [0.15, 0.2) is 24.3 Å². The first-order valence-electron chi connectivity index (χ1n) is 6.70. The molecule has 0 aliphatic rings. The number of nitrogens with zero attached hydrogens (tertiary/aromatic N) is 1. The molecule has 1 N–H and O–H groups in total. The summed E-state index contributed by atoms with van der Waals surface area (Å²) in [6.45, 7) is 6.58. The van der Waals surface area contributed by atoms with E-state index in [2.05, 4.69) is 5.32 Å². The minimum absolute atomic E-state index is 0.0427. The van der Waals surface area contributed by atoms with Gasteiger partial charge in [-0.05, 0) is 30.2 Å². The second-order valence-electron chi connectivity index (χ2n) is 5.09. The van der Waals surface area contributed by atoms with E-state index < -0.39 is 0 Å². The minimum Gasteiger partial charge on any atom is -0.356 e. The van der Waals surface area contributed by atoms with Crippen molar-refractivity contribution in [3.63, 3.8) is 0 Å². The summed E-state index contributed by atoms with van der Waals surface area (Å²) in [7, 11) is 0. The third-order valence-electron chi connectivity index (χ3n) is 2.79. The largest absolute Gasteiger partial charge is 0.356 e. The highest BCUT2D eigenvalue weighted by molar-refractivity contribution is 6.30. The molecule has 0 aliphatic carbocycles. The lowest BCUT2D eigenvalue weighted by molar-refractivity contribution is -0.121. The molecule has 1 aromatic rings. The van der Waals surface area contributed by atoms with Gasteiger partial charge in [-0.1, -0.05) is 25.4 Å². The Labute approximate surface area is 125 Å². The van der Waals surface area contributed by atoms with Crippen LogP contribution < -0.4 is 10.2 Å². The first-order chi connectivity index (χ1) is 9.40. The van der Waals surface area contributed by atoms with Crippen molar-refractivity contribution in [2.45, 2.75) is 27.2 Å². The Bertz CT molecular complexity index is 457. The Morgan fingerprint density at radius 3 is 2.35 bits per heavy atom. The Morgan fingerprint density at radius 1 is 1.25 bits per heavy atom. The Morgan fingerprint density at radius 2 is 1.85 bits per heavy atom. The van der Waals surface area contributed by atoms with E-state index in [9.17, 15) is 9.59 Å². The standard InChI is InChI=1S/C15H21ClN2O2/c1-11(2)10-17-15(20)8-9-18(12(3)19)14-6-4-13(16)5-7-14/h4-7,11H,8-10H2,1-3H3,(H,17,20). The van der Waals surface area contributed by atoms with Gasteiger partial charge in [0, 0.05) is 37.1 Å². The molecular weight excluding hydrogens is 276 g/mol. The number of nitrogens with one attached hydrogen (secondary N) is 1. The van der Waals surface area contributed by atoms with Crippen LogP contribution in [0.1, 0.15) is 27.2 Å². The van der Waals surface area contributed by atoms with E-state index in [-0.39, 0.29) is 18.2 Å². The van der Waals surface area contributed by atoms with Gasteiger partial charge in [-0.3, -0.25) is 9.59 Å². The molecule has 1 rings (SSSR count). The minimum atomic E-state index is -0.0935. The van der Waals surface area contributed by atoms with Crippen molar-refractivity contribution in [1.82, 2.24) is 5.32 Å². The zero-order chi connectivity index (χ0) is 15.1. The molecule has 0 spiro atoms. The summed E-state index contributed by atoms with van der Waals surface area (Å²) in [4.78, 5) is 24.9. The molecule has 0 aromatic heterocycles. The zero-order valence-corrected chi connectivity index (χ0v) is 12.9. The van der Waals surface area contributed by atoms with Crippen LogP contribution >= 0.6 is 11.6 Å². The smallest absolute Gasteiger partial charge is 0.223 e. The van der Waals surface area contributed by atoms with E-state index in [1.54, 1.807) is 29.2 Å². The predicted octanol–water partition coefficient (Wildman–Crippen LogP) is 2.86. The molecule has 0 atom stereocenters.